The fourth-order valence-corrected chi connectivity index (χ4v) is 1.76. The Morgan fingerprint density at radius 2 is 2.08 bits per heavy atom. The van der Waals surface area contributed by atoms with E-state index in [4.69, 9.17) is 0 Å². The average Bonchev–Trinajstić information content (AvgIpc) is 2.29. The van der Waals surface area contributed by atoms with Gasteiger partial charge >= 0.3 is 0 Å². The van der Waals surface area contributed by atoms with Crippen LogP contribution >= 0.6 is 0 Å². The van der Waals surface area contributed by atoms with Crippen molar-refractivity contribution in [1.82, 2.24) is 0 Å². The predicted octanol–water partition coefficient (Wildman–Crippen LogP) is 3.06. The van der Waals surface area contributed by atoms with E-state index in [1.54, 1.807) is 24.3 Å². The van der Waals surface area contributed by atoms with Gasteiger partial charge in [-0.25, -0.2) is 4.39 Å². The van der Waals surface area contributed by atoms with E-state index in [2.05, 4.69) is 0 Å². The molecular weight excluding hydrogens is 167 g/mol. The Morgan fingerprint density at radius 1 is 1.31 bits per heavy atom. The van der Waals surface area contributed by atoms with Gasteiger partial charge in [0.2, 0.25) is 0 Å². The van der Waals surface area contributed by atoms with E-state index in [1.165, 1.54) is 0 Å². The molecule has 0 spiro atoms. The fraction of sp³-hybridized carbons (Fsp3) is 0.364. The maximum atomic E-state index is 13.5. The molecule has 0 aliphatic heterocycles. The Morgan fingerprint density at radius 3 is 2.92 bits per heavy atom. The Kier molecular flexibility index (Phi) is 2.13. The molecule has 0 bridgehead atoms. The van der Waals surface area contributed by atoms with E-state index < -0.39 is 6.17 Å². The maximum absolute atomic E-state index is 13.5. The fourth-order valence-electron chi connectivity index (χ4n) is 1.76. The average molecular weight is 178 g/mol. The van der Waals surface area contributed by atoms with Crippen LogP contribution in [0.15, 0.2) is 24.3 Å². The monoisotopic (exact) mass is 178 g/mol. The van der Waals surface area contributed by atoms with Gasteiger partial charge in [0.05, 0.1) is 0 Å². The molecule has 1 aromatic rings. The molecule has 0 radical (unpaired) electrons. The highest BCUT2D eigenvalue weighted by atomic mass is 19.1. The predicted molar refractivity (Wildman–Crippen MR) is 48.5 cm³/mol. The molecule has 0 fully saturated rings. The van der Waals surface area contributed by atoms with Crippen LogP contribution in [0.1, 0.15) is 41.4 Å². The minimum absolute atomic E-state index is 0.0794. The van der Waals surface area contributed by atoms with Crippen molar-refractivity contribution in [3.8, 4) is 0 Å². The highest BCUT2D eigenvalue weighted by Crippen LogP contribution is 2.30. The van der Waals surface area contributed by atoms with Gasteiger partial charge in [-0.1, -0.05) is 24.3 Å². The van der Waals surface area contributed by atoms with E-state index in [-0.39, 0.29) is 5.78 Å². The van der Waals surface area contributed by atoms with E-state index in [9.17, 15) is 9.18 Å². The molecule has 1 nitrogen and oxygen atoms in total. The molecule has 0 heterocycles. The number of carbonyl (C=O) groups is 1. The molecule has 1 aliphatic rings. The number of rotatable bonds is 0. The third-order valence-corrected chi connectivity index (χ3v) is 2.46. The van der Waals surface area contributed by atoms with Crippen LogP contribution < -0.4 is 0 Å². The highest BCUT2D eigenvalue weighted by Gasteiger charge is 2.21. The van der Waals surface area contributed by atoms with Crippen molar-refractivity contribution in [2.45, 2.75) is 25.4 Å². The number of benzene rings is 1. The molecule has 0 N–H and O–H groups in total. The van der Waals surface area contributed by atoms with Crippen molar-refractivity contribution < 1.29 is 9.18 Å². The highest BCUT2D eigenvalue weighted by molar-refractivity contribution is 5.97. The Bertz CT molecular complexity index is 333. The van der Waals surface area contributed by atoms with Crippen LogP contribution in [0.5, 0.6) is 0 Å². The van der Waals surface area contributed by atoms with Crippen LogP contribution in [-0.2, 0) is 0 Å². The van der Waals surface area contributed by atoms with Crippen molar-refractivity contribution in [2.24, 2.45) is 0 Å². The van der Waals surface area contributed by atoms with E-state index in [0.29, 0.717) is 30.4 Å². The number of alkyl halides is 1. The first-order valence-electron chi connectivity index (χ1n) is 4.55. The summed E-state index contributed by atoms with van der Waals surface area (Å²) in [5.74, 6) is 0.0794. The number of carbonyl (C=O) groups excluding carboxylic acids is 1. The summed E-state index contributed by atoms with van der Waals surface area (Å²) in [7, 11) is 0. The largest absolute Gasteiger partial charge is 0.294 e. The van der Waals surface area contributed by atoms with Crippen molar-refractivity contribution in [2.75, 3.05) is 0 Å². The number of hydrogen-bond acceptors (Lipinski definition) is 1. The molecule has 1 aliphatic carbocycles. The molecule has 13 heavy (non-hydrogen) atoms. The first-order chi connectivity index (χ1) is 6.29. The Hall–Kier alpha value is -1.18. The number of halogens is 1. The molecule has 1 unspecified atom stereocenters. The topological polar surface area (TPSA) is 17.1 Å². The SMILES string of the molecule is O=C1CCCC(F)c2ccccc21. The van der Waals surface area contributed by atoms with Gasteiger partial charge in [0.1, 0.15) is 6.17 Å². The van der Waals surface area contributed by atoms with Crippen LogP contribution in [0.4, 0.5) is 4.39 Å². The van der Waals surface area contributed by atoms with Gasteiger partial charge in [-0.05, 0) is 18.4 Å². The second kappa shape index (κ2) is 3.29. The number of hydrogen-bond donors (Lipinski definition) is 0. The van der Waals surface area contributed by atoms with Crippen LogP contribution in [-0.4, -0.2) is 5.78 Å². The standard InChI is InChI=1S/C11H11FO/c12-10-6-3-7-11(13)9-5-2-1-4-8(9)10/h1-2,4-5,10H,3,6-7H2. The summed E-state index contributed by atoms with van der Waals surface area (Å²) in [6, 6.07) is 7.00. The number of ketones is 1. The van der Waals surface area contributed by atoms with Crippen molar-refractivity contribution in [1.29, 1.82) is 0 Å². The van der Waals surface area contributed by atoms with Crippen molar-refractivity contribution >= 4 is 5.78 Å². The molecule has 0 aromatic heterocycles. The van der Waals surface area contributed by atoms with Crippen LogP contribution in [0, 0.1) is 0 Å². The van der Waals surface area contributed by atoms with E-state index in [1.807, 2.05) is 0 Å². The van der Waals surface area contributed by atoms with Gasteiger partial charge in [0, 0.05) is 12.0 Å². The lowest BCUT2D eigenvalue weighted by molar-refractivity contribution is 0.0982. The normalized spacial score (nSPS) is 22.2. The summed E-state index contributed by atoms with van der Waals surface area (Å²) in [5.41, 5.74) is 1.15. The van der Waals surface area contributed by atoms with Gasteiger partial charge in [-0.2, -0.15) is 0 Å². The molecule has 2 rings (SSSR count). The van der Waals surface area contributed by atoms with Crippen LogP contribution in [0.3, 0.4) is 0 Å². The van der Waals surface area contributed by atoms with Crippen molar-refractivity contribution in [3.63, 3.8) is 0 Å². The van der Waals surface area contributed by atoms with Crippen LogP contribution in [0.2, 0.25) is 0 Å². The minimum Gasteiger partial charge on any atom is -0.294 e. The zero-order valence-corrected chi connectivity index (χ0v) is 7.29. The summed E-state index contributed by atoms with van der Waals surface area (Å²) in [5, 5.41) is 0. The lowest BCUT2D eigenvalue weighted by atomic mass is 10.0. The molecule has 0 saturated carbocycles. The minimum atomic E-state index is -0.956. The lowest BCUT2D eigenvalue weighted by Crippen LogP contribution is -2.00. The van der Waals surface area contributed by atoms with Gasteiger partial charge in [-0.3, -0.25) is 4.79 Å². The quantitative estimate of drug-likeness (QED) is 0.558. The number of fused-ring (bicyclic) bond motifs is 1. The van der Waals surface area contributed by atoms with E-state index in [0.717, 1.165) is 0 Å². The second-order valence-corrected chi connectivity index (χ2v) is 3.37. The van der Waals surface area contributed by atoms with Crippen LogP contribution in [0.25, 0.3) is 0 Å². The summed E-state index contributed by atoms with van der Waals surface area (Å²) in [6.07, 6.45) is 0.664. The Labute approximate surface area is 76.6 Å². The Balaban J connectivity index is 2.51. The molecule has 1 atom stereocenters. The summed E-state index contributed by atoms with van der Waals surface area (Å²) < 4.78 is 13.5. The van der Waals surface area contributed by atoms with E-state index >= 15 is 0 Å². The zero-order chi connectivity index (χ0) is 9.26. The van der Waals surface area contributed by atoms with Crippen molar-refractivity contribution in [3.05, 3.63) is 35.4 Å². The van der Waals surface area contributed by atoms with Gasteiger partial charge in [-0.15, -0.1) is 0 Å². The molecule has 0 amide bonds. The summed E-state index contributed by atoms with van der Waals surface area (Å²) in [4.78, 5) is 11.5. The van der Waals surface area contributed by atoms with Gasteiger partial charge in [0.25, 0.3) is 0 Å². The second-order valence-electron chi connectivity index (χ2n) is 3.37. The lowest BCUT2D eigenvalue weighted by Gasteiger charge is -2.06. The summed E-state index contributed by atoms with van der Waals surface area (Å²) in [6.45, 7) is 0. The zero-order valence-electron chi connectivity index (χ0n) is 7.29. The first-order valence-corrected chi connectivity index (χ1v) is 4.55. The smallest absolute Gasteiger partial charge is 0.163 e. The molecular formula is C11H11FO. The third kappa shape index (κ3) is 1.48. The molecule has 0 saturated heterocycles. The molecule has 68 valence electrons. The molecule has 2 heteroatoms. The first kappa shape index (κ1) is 8.42. The summed E-state index contributed by atoms with van der Waals surface area (Å²) >= 11 is 0. The van der Waals surface area contributed by atoms with Gasteiger partial charge in [0.15, 0.2) is 5.78 Å². The van der Waals surface area contributed by atoms with Gasteiger partial charge < -0.3 is 0 Å². The third-order valence-electron chi connectivity index (χ3n) is 2.46. The maximum Gasteiger partial charge on any atom is 0.163 e. The number of Topliss-reactive ketones (excluding diaryl/α,β-unsaturated/α-hetero) is 1. The molecule has 1 aromatic carbocycles.